The first-order valence-electron chi connectivity index (χ1n) is 4.92. The molecule has 2 rings (SSSR count). The molecule has 0 amide bonds. The highest BCUT2D eigenvalue weighted by molar-refractivity contribution is 7.17. The van der Waals surface area contributed by atoms with Crippen molar-refractivity contribution in [1.82, 2.24) is 0 Å². The summed E-state index contributed by atoms with van der Waals surface area (Å²) in [7, 11) is 3.33. The molecule has 1 heterocycles. The fourth-order valence-electron chi connectivity index (χ4n) is 1.68. The molecule has 0 spiro atoms. The van der Waals surface area contributed by atoms with Crippen LogP contribution in [-0.2, 0) is 6.42 Å². The van der Waals surface area contributed by atoms with Crippen molar-refractivity contribution in [2.45, 2.75) is 13.3 Å². The van der Waals surface area contributed by atoms with Gasteiger partial charge in [-0.25, -0.2) is 0 Å². The number of fused-ring (bicyclic) bond motifs is 1. The van der Waals surface area contributed by atoms with Crippen LogP contribution in [0, 0.1) is 0 Å². The number of rotatable bonds is 3. The topological polar surface area (TPSA) is 18.5 Å². The average molecular weight is 222 g/mol. The van der Waals surface area contributed by atoms with Crippen LogP contribution in [0.4, 0.5) is 0 Å². The van der Waals surface area contributed by atoms with E-state index in [1.165, 1.54) is 15.6 Å². The van der Waals surface area contributed by atoms with Gasteiger partial charge in [-0.1, -0.05) is 6.92 Å². The van der Waals surface area contributed by atoms with Crippen LogP contribution in [0.25, 0.3) is 10.1 Å². The second-order valence-corrected chi connectivity index (χ2v) is 4.23. The predicted octanol–water partition coefficient (Wildman–Crippen LogP) is 3.48. The molecule has 0 unspecified atom stereocenters. The van der Waals surface area contributed by atoms with E-state index in [0.717, 1.165) is 17.9 Å². The van der Waals surface area contributed by atoms with Gasteiger partial charge in [-0.05, 0) is 28.8 Å². The summed E-state index contributed by atoms with van der Waals surface area (Å²) in [6, 6.07) is 4.10. The van der Waals surface area contributed by atoms with Gasteiger partial charge in [-0.15, -0.1) is 11.3 Å². The summed E-state index contributed by atoms with van der Waals surface area (Å²) in [5, 5.41) is 3.48. The zero-order valence-corrected chi connectivity index (χ0v) is 9.98. The Hall–Kier alpha value is -1.22. The van der Waals surface area contributed by atoms with Crippen LogP contribution in [-0.4, -0.2) is 14.2 Å². The van der Waals surface area contributed by atoms with Crippen LogP contribution in [0.3, 0.4) is 0 Å². The van der Waals surface area contributed by atoms with Gasteiger partial charge in [0.1, 0.15) is 0 Å². The Balaban J connectivity index is 2.66. The number of aryl methyl sites for hydroxylation is 1. The lowest BCUT2D eigenvalue weighted by Crippen LogP contribution is -1.90. The molecule has 2 aromatic rings. The van der Waals surface area contributed by atoms with E-state index in [4.69, 9.17) is 9.47 Å². The Bertz CT molecular complexity index is 474. The molecule has 0 aliphatic carbocycles. The molecule has 0 fully saturated rings. The maximum Gasteiger partial charge on any atom is 0.162 e. The lowest BCUT2D eigenvalue weighted by molar-refractivity contribution is 0.356. The molecule has 0 saturated heterocycles. The minimum Gasteiger partial charge on any atom is -0.493 e. The number of methoxy groups -OCH3 is 2. The van der Waals surface area contributed by atoms with Crippen LogP contribution in [0.5, 0.6) is 11.5 Å². The van der Waals surface area contributed by atoms with Gasteiger partial charge in [0, 0.05) is 10.8 Å². The average Bonchev–Trinajstić information content (AvgIpc) is 2.68. The minimum atomic E-state index is 0.800. The normalized spacial score (nSPS) is 10.6. The van der Waals surface area contributed by atoms with E-state index in [1.807, 2.05) is 6.07 Å². The Labute approximate surface area is 93.4 Å². The van der Waals surface area contributed by atoms with Crippen LogP contribution in [0.2, 0.25) is 0 Å². The Morgan fingerprint density at radius 1 is 1.13 bits per heavy atom. The summed E-state index contributed by atoms with van der Waals surface area (Å²) in [5.74, 6) is 1.60. The van der Waals surface area contributed by atoms with E-state index in [2.05, 4.69) is 18.4 Å². The zero-order chi connectivity index (χ0) is 10.8. The molecule has 2 nitrogen and oxygen atoms in total. The monoisotopic (exact) mass is 222 g/mol. The van der Waals surface area contributed by atoms with Gasteiger partial charge in [-0.2, -0.15) is 0 Å². The Morgan fingerprint density at radius 3 is 2.40 bits per heavy atom. The van der Waals surface area contributed by atoms with Gasteiger partial charge in [0.25, 0.3) is 0 Å². The maximum atomic E-state index is 5.29. The predicted molar refractivity (Wildman–Crippen MR) is 64.3 cm³/mol. The number of thiophene rings is 1. The van der Waals surface area contributed by atoms with Crippen molar-refractivity contribution in [2.24, 2.45) is 0 Å². The molecule has 0 radical (unpaired) electrons. The summed E-state index contributed by atoms with van der Waals surface area (Å²) in [6.07, 6.45) is 1.05. The molecule has 0 atom stereocenters. The molecule has 0 aliphatic rings. The molecule has 1 aromatic heterocycles. The van der Waals surface area contributed by atoms with E-state index in [-0.39, 0.29) is 0 Å². The molecule has 3 heteroatoms. The second-order valence-electron chi connectivity index (χ2n) is 3.32. The van der Waals surface area contributed by atoms with Crippen molar-refractivity contribution in [1.29, 1.82) is 0 Å². The number of ether oxygens (including phenoxy) is 2. The van der Waals surface area contributed by atoms with Crippen LogP contribution < -0.4 is 9.47 Å². The van der Waals surface area contributed by atoms with E-state index in [0.29, 0.717) is 0 Å². The van der Waals surface area contributed by atoms with Crippen molar-refractivity contribution in [3.63, 3.8) is 0 Å². The molecule has 0 N–H and O–H groups in total. The molecule has 80 valence electrons. The lowest BCUT2D eigenvalue weighted by atomic mass is 10.1. The van der Waals surface area contributed by atoms with E-state index >= 15 is 0 Å². The third kappa shape index (κ3) is 1.67. The maximum absolute atomic E-state index is 5.29. The van der Waals surface area contributed by atoms with Crippen molar-refractivity contribution in [2.75, 3.05) is 14.2 Å². The highest BCUT2D eigenvalue weighted by Gasteiger charge is 2.09. The molecule has 0 aliphatic heterocycles. The lowest BCUT2D eigenvalue weighted by Gasteiger charge is -2.07. The molecular weight excluding hydrogens is 208 g/mol. The first kappa shape index (κ1) is 10.3. The number of benzene rings is 1. The summed E-state index contributed by atoms with van der Waals surface area (Å²) < 4.78 is 11.8. The van der Waals surface area contributed by atoms with Gasteiger partial charge in [0.2, 0.25) is 0 Å². The fraction of sp³-hybridized carbons (Fsp3) is 0.333. The van der Waals surface area contributed by atoms with Crippen molar-refractivity contribution in [3.05, 3.63) is 23.1 Å². The SMILES string of the molecule is CCc1csc2cc(OC)c(OC)cc12. The first-order chi connectivity index (χ1) is 7.30. The highest BCUT2D eigenvalue weighted by Crippen LogP contribution is 2.36. The van der Waals surface area contributed by atoms with Crippen molar-refractivity contribution >= 4 is 21.4 Å². The summed E-state index contributed by atoms with van der Waals surface area (Å²) in [6.45, 7) is 2.16. The summed E-state index contributed by atoms with van der Waals surface area (Å²) in [4.78, 5) is 0. The van der Waals surface area contributed by atoms with Gasteiger partial charge in [-0.3, -0.25) is 0 Å². The van der Waals surface area contributed by atoms with E-state index in [1.54, 1.807) is 25.6 Å². The fourth-order valence-corrected chi connectivity index (χ4v) is 2.74. The van der Waals surface area contributed by atoms with Gasteiger partial charge in [0.05, 0.1) is 14.2 Å². The minimum absolute atomic E-state index is 0.800. The van der Waals surface area contributed by atoms with E-state index in [9.17, 15) is 0 Å². The zero-order valence-electron chi connectivity index (χ0n) is 9.16. The largest absolute Gasteiger partial charge is 0.493 e. The van der Waals surface area contributed by atoms with Crippen molar-refractivity contribution in [3.8, 4) is 11.5 Å². The third-order valence-electron chi connectivity index (χ3n) is 2.54. The third-order valence-corrected chi connectivity index (χ3v) is 3.53. The first-order valence-corrected chi connectivity index (χ1v) is 5.80. The Morgan fingerprint density at radius 2 is 1.80 bits per heavy atom. The van der Waals surface area contributed by atoms with Crippen LogP contribution in [0.1, 0.15) is 12.5 Å². The van der Waals surface area contributed by atoms with Crippen LogP contribution in [0.15, 0.2) is 17.5 Å². The second kappa shape index (κ2) is 4.11. The molecule has 0 bridgehead atoms. The molecule has 15 heavy (non-hydrogen) atoms. The summed E-state index contributed by atoms with van der Waals surface area (Å²) in [5.41, 5.74) is 1.37. The highest BCUT2D eigenvalue weighted by atomic mass is 32.1. The van der Waals surface area contributed by atoms with Gasteiger partial charge >= 0.3 is 0 Å². The number of hydrogen-bond donors (Lipinski definition) is 0. The standard InChI is InChI=1S/C12H14O2S/c1-4-8-7-15-12-6-11(14-3)10(13-2)5-9(8)12/h5-7H,4H2,1-3H3. The van der Waals surface area contributed by atoms with E-state index < -0.39 is 0 Å². The smallest absolute Gasteiger partial charge is 0.162 e. The number of hydrogen-bond acceptors (Lipinski definition) is 3. The molecule has 0 saturated carbocycles. The van der Waals surface area contributed by atoms with Gasteiger partial charge in [0.15, 0.2) is 11.5 Å². The molecular formula is C12H14O2S. The van der Waals surface area contributed by atoms with Crippen molar-refractivity contribution < 1.29 is 9.47 Å². The van der Waals surface area contributed by atoms with Gasteiger partial charge < -0.3 is 9.47 Å². The molecule has 1 aromatic carbocycles. The Kier molecular flexibility index (Phi) is 2.82. The quantitative estimate of drug-likeness (QED) is 0.791. The van der Waals surface area contributed by atoms with Crippen LogP contribution >= 0.6 is 11.3 Å². The summed E-state index contributed by atoms with van der Waals surface area (Å²) >= 11 is 1.75.